The Morgan fingerprint density at radius 3 is 2.44 bits per heavy atom. The van der Waals surface area contributed by atoms with Gasteiger partial charge in [-0.3, -0.25) is 4.72 Å². The van der Waals surface area contributed by atoms with Gasteiger partial charge in [0.2, 0.25) is 10.0 Å². The molecule has 1 aromatic carbocycles. The van der Waals surface area contributed by atoms with Crippen molar-refractivity contribution in [3.05, 3.63) is 17.2 Å². The molecule has 0 aliphatic rings. The summed E-state index contributed by atoms with van der Waals surface area (Å²) in [5.74, 6) is -0.115. The molecule has 0 amide bonds. The van der Waals surface area contributed by atoms with Crippen molar-refractivity contribution >= 4 is 27.3 Å². The van der Waals surface area contributed by atoms with Gasteiger partial charge >= 0.3 is 0 Å². The molecular weight excluding hydrogens is 280 g/mol. The molecule has 0 aliphatic heterocycles. The van der Waals surface area contributed by atoms with Gasteiger partial charge in [0.25, 0.3) is 0 Å². The van der Waals surface area contributed by atoms with Crippen molar-refractivity contribution in [1.29, 1.82) is 5.26 Å². The van der Waals surface area contributed by atoms with Crippen molar-refractivity contribution in [3.8, 4) is 17.6 Å². The van der Waals surface area contributed by atoms with Gasteiger partial charge in [0.05, 0.1) is 31.0 Å². The van der Waals surface area contributed by atoms with E-state index in [1.165, 1.54) is 26.4 Å². The highest BCUT2D eigenvalue weighted by Gasteiger charge is 2.16. The molecule has 0 unspecified atom stereocenters. The Morgan fingerprint density at radius 2 is 1.94 bits per heavy atom. The van der Waals surface area contributed by atoms with E-state index in [9.17, 15) is 8.42 Å². The van der Waals surface area contributed by atoms with Crippen LogP contribution in [0.2, 0.25) is 5.02 Å². The average molecular weight is 291 g/mol. The molecule has 0 spiro atoms. The summed E-state index contributed by atoms with van der Waals surface area (Å²) in [6.45, 7) is 0. The summed E-state index contributed by atoms with van der Waals surface area (Å²) in [6.07, 6.45) is 0. The van der Waals surface area contributed by atoms with Crippen molar-refractivity contribution in [2.24, 2.45) is 0 Å². The first-order valence-corrected chi connectivity index (χ1v) is 6.75. The molecule has 0 saturated carbocycles. The molecule has 0 bridgehead atoms. The van der Waals surface area contributed by atoms with E-state index in [1.807, 2.05) is 0 Å². The lowest BCUT2D eigenvalue weighted by Crippen LogP contribution is -2.16. The second-order valence-corrected chi connectivity index (χ2v) is 5.34. The molecule has 18 heavy (non-hydrogen) atoms. The van der Waals surface area contributed by atoms with Crippen LogP contribution in [0.5, 0.6) is 11.5 Å². The maximum absolute atomic E-state index is 11.5. The van der Waals surface area contributed by atoms with Gasteiger partial charge in [-0.1, -0.05) is 11.6 Å². The first-order chi connectivity index (χ1) is 8.43. The molecule has 0 aliphatic carbocycles. The second-order valence-electron chi connectivity index (χ2n) is 3.21. The van der Waals surface area contributed by atoms with Crippen LogP contribution in [-0.4, -0.2) is 28.4 Å². The third kappa shape index (κ3) is 3.42. The van der Waals surface area contributed by atoms with Crippen LogP contribution in [0.25, 0.3) is 0 Å². The van der Waals surface area contributed by atoms with E-state index >= 15 is 0 Å². The van der Waals surface area contributed by atoms with Crippen LogP contribution in [0.1, 0.15) is 0 Å². The van der Waals surface area contributed by atoms with Gasteiger partial charge in [0, 0.05) is 12.1 Å². The normalized spacial score (nSPS) is 10.6. The number of benzene rings is 1. The Labute approximate surface area is 110 Å². The van der Waals surface area contributed by atoms with E-state index in [4.69, 9.17) is 26.3 Å². The molecule has 0 atom stereocenters. The van der Waals surface area contributed by atoms with Crippen molar-refractivity contribution in [1.82, 2.24) is 0 Å². The van der Waals surface area contributed by atoms with Gasteiger partial charge < -0.3 is 9.47 Å². The van der Waals surface area contributed by atoms with Crippen molar-refractivity contribution in [3.63, 3.8) is 0 Å². The Bertz CT molecular complexity index is 580. The number of hydrogen-bond acceptors (Lipinski definition) is 5. The smallest absolute Gasteiger partial charge is 0.246 e. The Kier molecular flexibility index (Phi) is 4.64. The minimum Gasteiger partial charge on any atom is -0.495 e. The van der Waals surface area contributed by atoms with E-state index in [0.29, 0.717) is 5.75 Å². The third-order valence-electron chi connectivity index (χ3n) is 1.99. The monoisotopic (exact) mass is 290 g/mol. The van der Waals surface area contributed by atoms with E-state index in [-0.39, 0.29) is 16.5 Å². The number of methoxy groups -OCH3 is 2. The minimum absolute atomic E-state index is 0.161. The molecule has 98 valence electrons. The summed E-state index contributed by atoms with van der Waals surface area (Å²) < 4.78 is 35.2. The molecule has 6 nitrogen and oxygen atoms in total. The maximum atomic E-state index is 11.5. The molecule has 0 fully saturated rings. The Hall–Kier alpha value is -1.65. The summed E-state index contributed by atoms with van der Waals surface area (Å²) in [5, 5.41) is 8.69. The first-order valence-electron chi connectivity index (χ1n) is 4.72. The van der Waals surface area contributed by atoms with Crippen LogP contribution in [-0.2, 0) is 10.0 Å². The van der Waals surface area contributed by atoms with Gasteiger partial charge in [-0.25, -0.2) is 8.42 Å². The number of halogens is 1. The molecule has 1 rings (SSSR count). The largest absolute Gasteiger partial charge is 0.495 e. The topological polar surface area (TPSA) is 88.4 Å². The average Bonchev–Trinajstić information content (AvgIpc) is 2.30. The Morgan fingerprint density at radius 1 is 1.33 bits per heavy atom. The lowest BCUT2D eigenvalue weighted by molar-refractivity contribution is 0.405. The van der Waals surface area contributed by atoms with Crippen molar-refractivity contribution in [2.75, 3.05) is 24.7 Å². The van der Waals surface area contributed by atoms with Crippen molar-refractivity contribution < 1.29 is 17.9 Å². The summed E-state index contributed by atoms with van der Waals surface area (Å²) in [7, 11) is -0.966. The highest BCUT2D eigenvalue weighted by molar-refractivity contribution is 7.92. The van der Waals surface area contributed by atoms with E-state index in [0.717, 1.165) is 0 Å². The molecular formula is C10H11ClN2O4S. The van der Waals surface area contributed by atoms with E-state index in [1.54, 1.807) is 6.07 Å². The SMILES string of the molecule is COc1cc(NS(=O)(=O)CC#N)c(OC)cc1Cl. The number of hydrogen-bond donors (Lipinski definition) is 1. The minimum atomic E-state index is -3.74. The van der Waals surface area contributed by atoms with E-state index in [2.05, 4.69) is 4.72 Å². The zero-order valence-electron chi connectivity index (χ0n) is 9.73. The molecule has 8 heteroatoms. The lowest BCUT2D eigenvalue weighted by Gasteiger charge is -2.13. The van der Waals surface area contributed by atoms with Crippen LogP contribution in [0.3, 0.4) is 0 Å². The number of rotatable bonds is 5. The third-order valence-corrected chi connectivity index (χ3v) is 3.33. The number of sulfonamides is 1. The van der Waals surface area contributed by atoms with Gasteiger partial charge in [0.15, 0.2) is 5.75 Å². The second kappa shape index (κ2) is 5.80. The zero-order chi connectivity index (χ0) is 13.8. The lowest BCUT2D eigenvalue weighted by atomic mass is 10.3. The van der Waals surface area contributed by atoms with Gasteiger partial charge in [-0.05, 0) is 0 Å². The summed E-state index contributed by atoms with van der Waals surface area (Å²) >= 11 is 5.88. The fraction of sp³-hybridized carbons (Fsp3) is 0.300. The van der Waals surface area contributed by atoms with Crippen molar-refractivity contribution in [2.45, 2.75) is 0 Å². The predicted molar refractivity (Wildman–Crippen MR) is 67.6 cm³/mol. The standard InChI is InChI=1S/C10H11ClN2O4S/c1-16-9-6-8(10(17-2)5-7(9)11)13-18(14,15)4-3-12/h5-6,13H,4H2,1-2H3. The number of anilines is 1. The van der Waals surface area contributed by atoms with Crippen LogP contribution < -0.4 is 14.2 Å². The molecule has 0 aromatic heterocycles. The number of nitriles is 1. The number of nitrogens with zero attached hydrogens (tertiary/aromatic N) is 1. The fourth-order valence-electron chi connectivity index (χ4n) is 1.23. The van der Waals surface area contributed by atoms with Gasteiger partial charge in [-0.15, -0.1) is 0 Å². The molecule has 1 aromatic rings. The molecule has 1 N–H and O–H groups in total. The number of nitrogens with one attached hydrogen (secondary N) is 1. The zero-order valence-corrected chi connectivity index (χ0v) is 11.3. The summed E-state index contributed by atoms with van der Waals surface area (Å²) in [5.41, 5.74) is 0.161. The maximum Gasteiger partial charge on any atom is 0.246 e. The summed E-state index contributed by atoms with van der Waals surface area (Å²) in [6, 6.07) is 4.36. The van der Waals surface area contributed by atoms with Gasteiger partial charge in [-0.2, -0.15) is 5.26 Å². The van der Waals surface area contributed by atoms with Crippen LogP contribution in [0.4, 0.5) is 5.69 Å². The van der Waals surface area contributed by atoms with Crippen LogP contribution in [0, 0.1) is 11.3 Å². The molecule has 0 heterocycles. The molecule has 0 radical (unpaired) electrons. The highest BCUT2D eigenvalue weighted by atomic mass is 35.5. The fourth-order valence-corrected chi connectivity index (χ4v) is 2.20. The molecule has 0 saturated heterocycles. The quantitative estimate of drug-likeness (QED) is 0.890. The highest BCUT2D eigenvalue weighted by Crippen LogP contribution is 2.36. The van der Waals surface area contributed by atoms with Crippen LogP contribution >= 0.6 is 11.6 Å². The van der Waals surface area contributed by atoms with E-state index < -0.39 is 15.8 Å². The first kappa shape index (κ1) is 14.4. The van der Waals surface area contributed by atoms with Crippen LogP contribution in [0.15, 0.2) is 12.1 Å². The van der Waals surface area contributed by atoms with Gasteiger partial charge in [0.1, 0.15) is 11.5 Å². The summed E-state index contributed by atoms with van der Waals surface area (Å²) in [4.78, 5) is 0. The predicted octanol–water partition coefficient (Wildman–Crippen LogP) is 1.62. The number of ether oxygens (including phenoxy) is 2. The Balaban J connectivity index is 3.20.